The maximum absolute atomic E-state index is 5.58. The van der Waals surface area contributed by atoms with E-state index >= 15 is 0 Å². The van der Waals surface area contributed by atoms with Crippen LogP contribution in [-0.2, 0) is 0 Å². The lowest BCUT2D eigenvalue weighted by Crippen LogP contribution is -3.00. The van der Waals surface area contributed by atoms with Gasteiger partial charge in [0.2, 0.25) is 0 Å². The van der Waals surface area contributed by atoms with Crippen LogP contribution in [0.4, 0.5) is 0 Å². The SMILES string of the molecule is C[N+](C)(C)CCOn1cnc2cncnc21.[Cl-]. The summed E-state index contributed by atoms with van der Waals surface area (Å²) < 4.78 is 2.45. The quantitative estimate of drug-likeness (QED) is 0.547. The number of hydrogen-bond donors (Lipinski definition) is 0. The molecule has 0 aromatic carbocycles. The Kier molecular flexibility index (Phi) is 4.25. The van der Waals surface area contributed by atoms with Crippen LogP contribution >= 0.6 is 0 Å². The average molecular weight is 258 g/mol. The van der Waals surface area contributed by atoms with Gasteiger partial charge in [-0.1, -0.05) is 0 Å². The molecule has 2 heterocycles. The molecule has 0 aliphatic heterocycles. The van der Waals surface area contributed by atoms with Crippen molar-refractivity contribution in [1.82, 2.24) is 19.7 Å². The molecule has 94 valence electrons. The van der Waals surface area contributed by atoms with Crippen molar-refractivity contribution in [1.29, 1.82) is 0 Å². The van der Waals surface area contributed by atoms with E-state index < -0.39 is 0 Å². The molecule has 6 nitrogen and oxygen atoms in total. The third-order valence-electron chi connectivity index (χ3n) is 2.18. The Bertz CT molecular complexity index is 479. The summed E-state index contributed by atoms with van der Waals surface area (Å²) >= 11 is 0. The van der Waals surface area contributed by atoms with Crippen LogP contribution in [0.3, 0.4) is 0 Å². The van der Waals surface area contributed by atoms with Crippen LogP contribution in [-0.4, -0.2) is 58.5 Å². The summed E-state index contributed by atoms with van der Waals surface area (Å²) in [6.07, 6.45) is 4.78. The molecule has 2 aromatic rings. The van der Waals surface area contributed by atoms with E-state index in [2.05, 4.69) is 36.1 Å². The topological polar surface area (TPSA) is 52.8 Å². The molecule has 0 aliphatic rings. The van der Waals surface area contributed by atoms with Gasteiger partial charge in [-0.2, -0.15) is 4.73 Å². The Morgan fingerprint density at radius 3 is 2.76 bits per heavy atom. The summed E-state index contributed by atoms with van der Waals surface area (Å²) in [5.41, 5.74) is 1.45. The lowest BCUT2D eigenvalue weighted by Gasteiger charge is -2.23. The van der Waals surface area contributed by atoms with Crippen LogP contribution in [0.2, 0.25) is 0 Å². The lowest BCUT2D eigenvalue weighted by atomic mass is 10.5. The molecule has 0 unspecified atom stereocenters. The summed E-state index contributed by atoms with van der Waals surface area (Å²) in [5.74, 6) is 0. The second-order valence-electron chi connectivity index (χ2n) is 4.65. The Hall–Kier alpha value is -1.40. The number of halogens is 1. The van der Waals surface area contributed by atoms with Gasteiger partial charge in [-0.15, -0.1) is 0 Å². The van der Waals surface area contributed by atoms with Gasteiger partial charge in [0.15, 0.2) is 12.3 Å². The summed E-state index contributed by atoms with van der Waals surface area (Å²) in [6.45, 7) is 1.55. The van der Waals surface area contributed by atoms with Crippen molar-refractivity contribution in [3.63, 3.8) is 0 Å². The monoisotopic (exact) mass is 257 g/mol. The average Bonchev–Trinajstić information content (AvgIpc) is 2.60. The van der Waals surface area contributed by atoms with E-state index in [1.54, 1.807) is 17.3 Å². The summed E-state index contributed by atoms with van der Waals surface area (Å²) in [5, 5.41) is 0. The zero-order chi connectivity index (χ0) is 11.6. The first-order chi connectivity index (χ1) is 7.56. The first kappa shape index (κ1) is 13.7. The van der Waals surface area contributed by atoms with Gasteiger partial charge in [0, 0.05) is 0 Å². The minimum absolute atomic E-state index is 0. The molecule has 0 fully saturated rings. The number of hydrogen-bond acceptors (Lipinski definition) is 4. The summed E-state index contributed by atoms with van der Waals surface area (Å²) in [4.78, 5) is 17.7. The van der Waals surface area contributed by atoms with E-state index in [1.807, 2.05) is 0 Å². The molecule has 0 saturated heterocycles. The molecule has 0 radical (unpaired) electrons. The van der Waals surface area contributed by atoms with Crippen molar-refractivity contribution in [2.75, 3.05) is 34.3 Å². The van der Waals surface area contributed by atoms with Gasteiger partial charge in [-0.25, -0.2) is 15.0 Å². The van der Waals surface area contributed by atoms with Gasteiger partial charge >= 0.3 is 0 Å². The van der Waals surface area contributed by atoms with E-state index in [9.17, 15) is 0 Å². The van der Waals surface area contributed by atoms with Crippen LogP contribution in [0.1, 0.15) is 0 Å². The van der Waals surface area contributed by atoms with Gasteiger partial charge in [0.05, 0.1) is 27.3 Å². The number of rotatable bonds is 4. The second-order valence-corrected chi connectivity index (χ2v) is 4.65. The molecule has 7 heteroatoms. The van der Waals surface area contributed by atoms with Gasteiger partial charge in [-0.05, 0) is 0 Å². The molecule has 0 N–H and O–H groups in total. The molecular formula is C10H16ClN5O. The number of fused-ring (bicyclic) bond motifs is 1. The Morgan fingerprint density at radius 2 is 2.06 bits per heavy atom. The lowest BCUT2D eigenvalue weighted by molar-refractivity contribution is -0.870. The fourth-order valence-electron chi connectivity index (χ4n) is 1.25. The molecule has 0 atom stereocenters. The Morgan fingerprint density at radius 1 is 1.29 bits per heavy atom. The molecule has 17 heavy (non-hydrogen) atoms. The van der Waals surface area contributed by atoms with Crippen LogP contribution in [0, 0.1) is 0 Å². The molecule has 0 bridgehead atoms. The zero-order valence-electron chi connectivity index (χ0n) is 10.2. The van der Waals surface area contributed by atoms with Gasteiger partial charge in [-0.3, -0.25) is 0 Å². The van der Waals surface area contributed by atoms with Crippen LogP contribution < -0.4 is 17.2 Å². The largest absolute Gasteiger partial charge is 1.00 e. The van der Waals surface area contributed by atoms with Crippen molar-refractivity contribution < 1.29 is 21.7 Å². The maximum atomic E-state index is 5.58. The van der Waals surface area contributed by atoms with Crippen LogP contribution in [0.25, 0.3) is 11.2 Å². The molecule has 0 amide bonds. The zero-order valence-corrected chi connectivity index (χ0v) is 10.9. The highest BCUT2D eigenvalue weighted by Gasteiger charge is 2.08. The number of nitrogens with zero attached hydrogens (tertiary/aromatic N) is 5. The Balaban J connectivity index is 0.00000144. The molecule has 2 aromatic heterocycles. The van der Waals surface area contributed by atoms with Crippen molar-refractivity contribution in [2.24, 2.45) is 0 Å². The highest BCUT2D eigenvalue weighted by Crippen LogP contribution is 2.04. The predicted molar refractivity (Wildman–Crippen MR) is 59.7 cm³/mol. The first-order valence-electron chi connectivity index (χ1n) is 5.13. The first-order valence-corrected chi connectivity index (χ1v) is 5.13. The Labute approximate surface area is 106 Å². The van der Waals surface area contributed by atoms with Crippen molar-refractivity contribution >= 4 is 11.2 Å². The maximum Gasteiger partial charge on any atom is 0.198 e. The van der Waals surface area contributed by atoms with Crippen molar-refractivity contribution in [3.8, 4) is 0 Å². The minimum atomic E-state index is 0. The molecule has 0 aliphatic carbocycles. The van der Waals surface area contributed by atoms with Gasteiger partial charge < -0.3 is 21.7 Å². The second kappa shape index (κ2) is 5.29. The van der Waals surface area contributed by atoms with Crippen LogP contribution in [0.5, 0.6) is 0 Å². The van der Waals surface area contributed by atoms with E-state index in [0.717, 1.165) is 16.5 Å². The fraction of sp³-hybridized carbons (Fsp3) is 0.500. The number of quaternary nitrogens is 1. The molecule has 0 saturated carbocycles. The van der Waals surface area contributed by atoms with Crippen LogP contribution in [0.15, 0.2) is 18.9 Å². The summed E-state index contributed by atoms with van der Waals surface area (Å²) in [6, 6.07) is 0. The van der Waals surface area contributed by atoms with Gasteiger partial charge in [0.25, 0.3) is 0 Å². The highest BCUT2D eigenvalue weighted by molar-refractivity contribution is 5.68. The smallest absolute Gasteiger partial charge is 0.198 e. The molecule has 0 spiro atoms. The highest BCUT2D eigenvalue weighted by atomic mass is 35.5. The van der Waals surface area contributed by atoms with E-state index in [1.165, 1.54) is 6.33 Å². The van der Waals surface area contributed by atoms with E-state index in [0.29, 0.717) is 12.3 Å². The van der Waals surface area contributed by atoms with Crippen molar-refractivity contribution in [3.05, 3.63) is 18.9 Å². The molecule has 2 rings (SSSR count). The minimum Gasteiger partial charge on any atom is -1.00 e. The summed E-state index contributed by atoms with van der Waals surface area (Å²) in [7, 11) is 6.37. The number of aromatic nitrogens is 4. The molecular weight excluding hydrogens is 242 g/mol. The number of likely N-dealkylation sites (N-methyl/N-ethyl adjacent to an activating group) is 1. The van der Waals surface area contributed by atoms with E-state index in [-0.39, 0.29) is 12.4 Å². The number of imidazole rings is 1. The van der Waals surface area contributed by atoms with E-state index in [4.69, 9.17) is 4.84 Å². The third-order valence-corrected chi connectivity index (χ3v) is 2.18. The van der Waals surface area contributed by atoms with Gasteiger partial charge in [0.1, 0.15) is 24.7 Å². The third kappa shape index (κ3) is 3.54. The fourth-order valence-corrected chi connectivity index (χ4v) is 1.25. The van der Waals surface area contributed by atoms with Crippen molar-refractivity contribution in [2.45, 2.75) is 0 Å². The normalized spacial score (nSPS) is 11.2. The predicted octanol–water partition coefficient (Wildman–Crippen LogP) is -3.03. The standard InChI is InChI=1S/C10H16N5O.ClH/c1-15(2,3)4-5-16-14-8-13-9-6-11-7-12-10(9)14;/h6-8H,4-5H2,1-3H3;1H/q+1;/p-1.